The number of nitrogens with two attached hydrogens (primary N) is 2. The molecule has 0 aromatic heterocycles. The molecule has 0 saturated carbocycles. The summed E-state index contributed by atoms with van der Waals surface area (Å²) in [6.45, 7) is 0. The van der Waals surface area contributed by atoms with Crippen LogP contribution in [-0.4, -0.2) is 16.0 Å². The number of rotatable bonds is 2. The number of carbonyl (C=O) groups is 1. The van der Waals surface area contributed by atoms with E-state index in [0.717, 1.165) is 0 Å². The van der Waals surface area contributed by atoms with E-state index < -0.39 is 5.91 Å². The molecule has 0 heterocycles. The van der Waals surface area contributed by atoms with Crippen LogP contribution in [0.15, 0.2) is 18.2 Å². The summed E-state index contributed by atoms with van der Waals surface area (Å²) in [7, 11) is 0. The Kier molecular flexibility index (Phi) is 4.33. The van der Waals surface area contributed by atoms with Crippen molar-refractivity contribution in [1.82, 2.24) is 5.01 Å². The predicted octanol–water partition coefficient (Wildman–Crippen LogP) is -0.0816. The number of amides is 1. The first-order valence-electron chi connectivity index (χ1n) is 4.80. The van der Waals surface area contributed by atoms with Crippen molar-refractivity contribution in [3.63, 3.8) is 0 Å². The van der Waals surface area contributed by atoms with Crippen LogP contribution in [-0.2, 0) is 11.2 Å². The van der Waals surface area contributed by atoms with Crippen molar-refractivity contribution in [2.75, 3.05) is 0 Å². The Morgan fingerprint density at radius 1 is 1.33 bits per heavy atom. The molecule has 1 amide bonds. The molecule has 0 spiro atoms. The van der Waals surface area contributed by atoms with Crippen molar-refractivity contribution >= 4 is 23.2 Å². The topological polar surface area (TPSA) is 120 Å². The lowest BCUT2D eigenvalue weighted by Crippen LogP contribution is -2.46. The molecule has 0 saturated heterocycles. The van der Waals surface area contributed by atoms with Crippen LogP contribution in [0.4, 0.5) is 0 Å². The Balaban J connectivity index is 3.12. The molecule has 6 nitrogen and oxygen atoms in total. The first-order chi connectivity index (χ1) is 8.51. The Bertz CT molecular complexity index is 552. The number of hydrazine groups is 1. The van der Waals surface area contributed by atoms with Gasteiger partial charge in [0.15, 0.2) is 5.11 Å². The maximum absolute atomic E-state index is 11.7. The van der Waals surface area contributed by atoms with Crippen LogP contribution in [0.25, 0.3) is 0 Å². The maximum atomic E-state index is 11.7. The molecule has 0 aliphatic rings. The van der Waals surface area contributed by atoms with Crippen molar-refractivity contribution in [3.8, 4) is 12.1 Å². The molecule has 4 N–H and O–H groups in total. The smallest absolute Gasteiger partial charge is 0.247 e. The summed E-state index contributed by atoms with van der Waals surface area (Å²) >= 11 is 4.56. The van der Waals surface area contributed by atoms with Gasteiger partial charge in [0.05, 0.1) is 29.7 Å². The van der Waals surface area contributed by atoms with Crippen molar-refractivity contribution in [3.05, 3.63) is 34.9 Å². The van der Waals surface area contributed by atoms with Gasteiger partial charge in [-0.25, -0.2) is 10.9 Å². The molecular formula is C11H9N5OS. The quantitative estimate of drug-likeness (QED) is 0.331. The summed E-state index contributed by atoms with van der Waals surface area (Å²) in [5.74, 6) is 4.76. The molecular weight excluding hydrogens is 250 g/mol. The van der Waals surface area contributed by atoms with Crippen LogP contribution in [0, 0.1) is 22.7 Å². The largest absolute Gasteiger partial charge is 0.375 e. The number of hydrogen-bond donors (Lipinski definition) is 2. The van der Waals surface area contributed by atoms with Crippen LogP contribution < -0.4 is 11.6 Å². The number of nitriles is 2. The van der Waals surface area contributed by atoms with Gasteiger partial charge in [-0.15, -0.1) is 0 Å². The third-order valence-corrected chi connectivity index (χ3v) is 2.45. The molecule has 0 fully saturated rings. The van der Waals surface area contributed by atoms with Crippen molar-refractivity contribution < 1.29 is 4.79 Å². The maximum Gasteiger partial charge on any atom is 0.247 e. The number of thiocarbonyl (C=S) groups is 1. The third kappa shape index (κ3) is 2.80. The van der Waals surface area contributed by atoms with Crippen molar-refractivity contribution in [2.24, 2.45) is 11.6 Å². The lowest BCUT2D eigenvalue weighted by Gasteiger charge is -2.14. The zero-order chi connectivity index (χ0) is 13.7. The molecule has 1 aromatic rings. The predicted molar refractivity (Wildman–Crippen MR) is 67.4 cm³/mol. The summed E-state index contributed by atoms with van der Waals surface area (Å²) in [5.41, 5.74) is 6.03. The van der Waals surface area contributed by atoms with Crippen LogP contribution in [0.5, 0.6) is 0 Å². The highest BCUT2D eigenvalue weighted by molar-refractivity contribution is 7.80. The van der Waals surface area contributed by atoms with Crippen LogP contribution in [0.1, 0.15) is 16.7 Å². The van der Waals surface area contributed by atoms with E-state index in [1.165, 1.54) is 12.1 Å². The Labute approximate surface area is 109 Å². The SMILES string of the molecule is N#Cc1cccc(C#N)c1CC(=O)N(N)C(N)=S. The van der Waals surface area contributed by atoms with Gasteiger partial charge in [0.25, 0.3) is 0 Å². The molecule has 1 aromatic carbocycles. The first kappa shape index (κ1) is 13.6. The zero-order valence-corrected chi connectivity index (χ0v) is 10.1. The average molecular weight is 259 g/mol. The Morgan fingerprint density at radius 3 is 2.22 bits per heavy atom. The highest BCUT2D eigenvalue weighted by Crippen LogP contribution is 2.15. The van der Waals surface area contributed by atoms with E-state index in [1.807, 2.05) is 12.1 Å². The monoisotopic (exact) mass is 259 g/mol. The number of carbonyl (C=O) groups excluding carboxylic acids is 1. The highest BCUT2D eigenvalue weighted by atomic mass is 32.1. The molecule has 0 unspecified atom stereocenters. The first-order valence-corrected chi connectivity index (χ1v) is 5.21. The molecule has 1 rings (SSSR count). The summed E-state index contributed by atoms with van der Waals surface area (Å²) in [4.78, 5) is 11.7. The van der Waals surface area contributed by atoms with Gasteiger partial charge in [-0.3, -0.25) is 4.79 Å². The van der Waals surface area contributed by atoms with Gasteiger partial charge in [-0.05, 0) is 29.9 Å². The minimum Gasteiger partial charge on any atom is -0.375 e. The fourth-order valence-electron chi connectivity index (χ4n) is 1.35. The molecule has 0 radical (unpaired) electrons. The lowest BCUT2D eigenvalue weighted by atomic mass is 9.99. The van der Waals surface area contributed by atoms with Gasteiger partial charge in [0.1, 0.15) is 0 Å². The van der Waals surface area contributed by atoms with E-state index in [-0.39, 0.29) is 22.7 Å². The van der Waals surface area contributed by atoms with E-state index >= 15 is 0 Å². The van der Waals surface area contributed by atoms with E-state index in [0.29, 0.717) is 10.6 Å². The number of benzene rings is 1. The number of hydrogen-bond acceptors (Lipinski definition) is 5. The fourth-order valence-corrected chi connectivity index (χ4v) is 1.45. The summed E-state index contributed by atoms with van der Waals surface area (Å²) in [6.07, 6.45) is -0.208. The summed E-state index contributed by atoms with van der Waals surface area (Å²) in [5, 5.41) is 18.2. The summed E-state index contributed by atoms with van der Waals surface area (Å²) in [6, 6.07) is 8.44. The van der Waals surface area contributed by atoms with Crippen LogP contribution >= 0.6 is 12.2 Å². The van der Waals surface area contributed by atoms with Gasteiger partial charge in [-0.2, -0.15) is 10.5 Å². The Hall–Kier alpha value is -2.48. The van der Waals surface area contributed by atoms with Crippen LogP contribution in [0.2, 0.25) is 0 Å². The second-order valence-corrected chi connectivity index (χ2v) is 3.75. The standard InChI is InChI=1S/C11H9N5OS/c12-5-7-2-1-3-8(6-13)9(7)4-10(17)16(15)11(14)18/h1-3H,4,15H2,(H2,14,18). The summed E-state index contributed by atoms with van der Waals surface area (Å²) < 4.78 is 0. The molecule has 0 aliphatic carbocycles. The molecule has 0 atom stereocenters. The van der Waals surface area contributed by atoms with Gasteiger partial charge < -0.3 is 5.73 Å². The van der Waals surface area contributed by atoms with E-state index in [2.05, 4.69) is 12.2 Å². The van der Waals surface area contributed by atoms with Crippen molar-refractivity contribution in [2.45, 2.75) is 6.42 Å². The van der Waals surface area contributed by atoms with E-state index in [1.54, 1.807) is 6.07 Å². The molecule has 18 heavy (non-hydrogen) atoms. The minimum atomic E-state index is -0.582. The Morgan fingerprint density at radius 2 is 1.83 bits per heavy atom. The van der Waals surface area contributed by atoms with Crippen molar-refractivity contribution in [1.29, 1.82) is 10.5 Å². The lowest BCUT2D eigenvalue weighted by molar-refractivity contribution is -0.126. The second kappa shape index (κ2) is 5.73. The third-order valence-electron chi connectivity index (χ3n) is 2.25. The van der Waals surface area contributed by atoms with Crippen LogP contribution in [0.3, 0.4) is 0 Å². The molecule has 0 bridgehead atoms. The molecule has 0 aliphatic heterocycles. The van der Waals surface area contributed by atoms with Gasteiger partial charge in [-0.1, -0.05) is 6.07 Å². The van der Waals surface area contributed by atoms with Gasteiger partial charge in [0, 0.05) is 0 Å². The fraction of sp³-hybridized carbons (Fsp3) is 0.0909. The van der Waals surface area contributed by atoms with Gasteiger partial charge >= 0.3 is 0 Å². The normalized spacial score (nSPS) is 9.06. The van der Waals surface area contributed by atoms with E-state index in [9.17, 15) is 4.79 Å². The number of nitrogens with zero attached hydrogens (tertiary/aromatic N) is 3. The average Bonchev–Trinajstić information content (AvgIpc) is 2.37. The minimum absolute atomic E-state index is 0.208. The van der Waals surface area contributed by atoms with E-state index in [4.69, 9.17) is 22.1 Å². The molecule has 90 valence electrons. The highest BCUT2D eigenvalue weighted by Gasteiger charge is 2.17. The van der Waals surface area contributed by atoms with Gasteiger partial charge in [0.2, 0.25) is 5.91 Å². The molecule has 7 heteroatoms. The second-order valence-electron chi connectivity index (χ2n) is 3.33. The zero-order valence-electron chi connectivity index (χ0n) is 9.25.